The van der Waals surface area contributed by atoms with Crippen molar-refractivity contribution in [2.24, 2.45) is 0 Å². The number of hydrogen-bond donors (Lipinski definition) is 2. The summed E-state index contributed by atoms with van der Waals surface area (Å²) in [4.78, 5) is 28.3. The van der Waals surface area contributed by atoms with Crippen molar-refractivity contribution in [1.82, 2.24) is 15.2 Å². The van der Waals surface area contributed by atoms with Crippen molar-refractivity contribution in [3.05, 3.63) is 29.6 Å². The lowest BCUT2D eigenvalue weighted by molar-refractivity contribution is 0.0680. The average Bonchev–Trinajstić information content (AvgIpc) is 2.83. The van der Waals surface area contributed by atoms with E-state index in [1.165, 1.54) is 6.20 Å². The van der Waals surface area contributed by atoms with Gasteiger partial charge in [0.1, 0.15) is 0 Å². The van der Waals surface area contributed by atoms with Crippen LogP contribution >= 0.6 is 0 Å². The minimum absolute atomic E-state index is 0.295. The van der Waals surface area contributed by atoms with E-state index in [1.54, 1.807) is 12.1 Å². The highest BCUT2D eigenvalue weighted by Gasteiger charge is 2.32. The molecule has 1 aromatic heterocycles. The molecule has 1 unspecified atom stereocenters. The molecule has 0 spiro atoms. The molecule has 0 radical (unpaired) electrons. The minimum Gasteiger partial charge on any atom is -0.465 e. The highest BCUT2D eigenvalue weighted by molar-refractivity contribution is 6.02. The fraction of sp³-hybridized carbons (Fsp3) is 0.417. The molecule has 2 heterocycles. The largest absolute Gasteiger partial charge is 0.465 e. The van der Waals surface area contributed by atoms with E-state index in [0.717, 1.165) is 17.1 Å². The molecule has 1 saturated heterocycles. The lowest BCUT2D eigenvalue weighted by atomic mass is 10.1. The molecule has 0 bridgehead atoms. The summed E-state index contributed by atoms with van der Waals surface area (Å²) in [7, 11) is 0. The van der Waals surface area contributed by atoms with Crippen molar-refractivity contribution in [2.75, 3.05) is 13.1 Å². The third-order valence-electron chi connectivity index (χ3n) is 2.98. The number of amides is 2. The average molecular weight is 249 g/mol. The number of imide groups is 1. The first-order valence-electron chi connectivity index (χ1n) is 5.79. The van der Waals surface area contributed by atoms with Crippen LogP contribution in [0.5, 0.6) is 0 Å². The van der Waals surface area contributed by atoms with Gasteiger partial charge in [-0.05, 0) is 32.0 Å². The molecule has 0 aliphatic carbocycles. The van der Waals surface area contributed by atoms with E-state index in [2.05, 4.69) is 10.3 Å². The van der Waals surface area contributed by atoms with Gasteiger partial charge in [-0.1, -0.05) is 0 Å². The molecule has 1 aliphatic heterocycles. The van der Waals surface area contributed by atoms with Gasteiger partial charge < -0.3 is 10.4 Å². The normalized spacial score (nSPS) is 18.6. The van der Waals surface area contributed by atoms with Crippen LogP contribution in [0.2, 0.25) is 0 Å². The highest BCUT2D eigenvalue weighted by atomic mass is 16.4. The van der Waals surface area contributed by atoms with Gasteiger partial charge in [0.15, 0.2) is 0 Å². The highest BCUT2D eigenvalue weighted by Crippen LogP contribution is 2.13. The van der Waals surface area contributed by atoms with Crippen molar-refractivity contribution >= 4 is 12.0 Å². The van der Waals surface area contributed by atoms with Gasteiger partial charge in [-0.2, -0.15) is 0 Å². The van der Waals surface area contributed by atoms with Crippen LogP contribution in [0.1, 0.15) is 22.5 Å². The Morgan fingerprint density at radius 3 is 2.78 bits per heavy atom. The van der Waals surface area contributed by atoms with Crippen LogP contribution in [0.4, 0.5) is 4.79 Å². The molecule has 0 aromatic carbocycles. The van der Waals surface area contributed by atoms with Gasteiger partial charge in [0.05, 0.1) is 11.6 Å². The quantitative estimate of drug-likeness (QED) is 0.812. The second-order valence-corrected chi connectivity index (χ2v) is 4.29. The predicted octanol–water partition coefficient (Wildman–Crippen LogP) is 0.872. The Morgan fingerprint density at radius 2 is 2.28 bits per heavy atom. The molecule has 2 rings (SSSR count). The van der Waals surface area contributed by atoms with E-state index in [0.29, 0.717) is 18.5 Å². The van der Waals surface area contributed by atoms with Gasteiger partial charge in [0, 0.05) is 18.4 Å². The molecule has 2 N–H and O–H groups in total. The molecule has 0 saturated carbocycles. The van der Waals surface area contributed by atoms with E-state index in [1.807, 2.05) is 6.92 Å². The molecule has 1 fully saturated rings. The minimum atomic E-state index is -1.21. The molecule has 96 valence electrons. The SMILES string of the molecule is Cc1ccc(C(=O)N(C(=O)O)C2CCNC2)cn1. The Balaban J connectivity index is 2.22. The Bertz CT molecular complexity index is 452. The van der Waals surface area contributed by atoms with Gasteiger partial charge in [-0.15, -0.1) is 0 Å². The Kier molecular flexibility index (Phi) is 3.57. The fourth-order valence-electron chi connectivity index (χ4n) is 2.00. The molecule has 1 aromatic rings. The lowest BCUT2D eigenvalue weighted by Gasteiger charge is -2.23. The molecule has 1 atom stereocenters. The monoisotopic (exact) mass is 249 g/mol. The third-order valence-corrected chi connectivity index (χ3v) is 2.98. The lowest BCUT2D eigenvalue weighted by Crippen LogP contribution is -2.45. The summed E-state index contributed by atoms with van der Waals surface area (Å²) in [6.45, 7) is 3.05. The van der Waals surface area contributed by atoms with Crippen LogP contribution < -0.4 is 5.32 Å². The number of carbonyl (C=O) groups excluding carboxylic acids is 1. The number of pyridine rings is 1. The van der Waals surface area contributed by atoms with Gasteiger partial charge in [0.2, 0.25) is 0 Å². The first kappa shape index (κ1) is 12.5. The summed E-state index contributed by atoms with van der Waals surface area (Å²) in [6.07, 6.45) is 0.849. The van der Waals surface area contributed by atoms with Crippen molar-refractivity contribution < 1.29 is 14.7 Å². The predicted molar refractivity (Wildman–Crippen MR) is 64.4 cm³/mol. The Labute approximate surface area is 105 Å². The molecule has 18 heavy (non-hydrogen) atoms. The summed E-state index contributed by atoms with van der Waals surface area (Å²) in [5.74, 6) is -0.510. The standard InChI is InChI=1S/C12H15N3O3/c1-8-2-3-9(6-14-8)11(16)15(12(17)18)10-4-5-13-7-10/h2-3,6,10,13H,4-5,7H2,1H3,(H,17,18). The molecular weight excluding hydrogens is 234 g/mol. The van der Waals surface area contributed by atoms with Crippen LogP contribution in [0.25, 0.3) is 0 Å². The molecule has 6 nitrogen and oxygen atoms in total. The van der Waals surface area contributed by atoms with Crippen molar-refractivity contribution in [3.63, 3.8) is 0 Å². The topological polar surface area (TPSA) is 82.5 Å². The van der Waals surface area contributed by atoms with E-state index in [4.69, 9.17) is 0 Å². The number of carboxylic acid groups (broad SMARTS) is 1. The summed E-state index contributed by atoms with van der Waals surface area (Å²) in [5, 5.41) is 12.2. The van der Waals surface area contributed by atoms with Gasteiger partial charge in [-0.25, -0.2) is 9.69 Å². The van der Waals surface area contributed by atoms with E-state index < -0.39 is 12.0 Å². The maximum Gasteiger partial charge on any atom is 0.414 e. The number of hydrogen-bond acceptors (Lipinski definition) is 4. The number of aryl methyl sites for hydroxylation is 1. The molecule has 1 aliphatic rings. The zero-order valence-corrected chi connectivity index (χ0v) is 10.1. The maximum absolute atomic E-state index is 12.2. The Hall–Kier alpha value is -1.95. The number of carbonyl (C=O) groups is 2. The van der Waals surface area contributed by atoms with Crippen molar-refractivity contribution in [3.8, 4) is 0 Å². The first-order valence-corrected chi connectivity index (χ1v) is 5.79. The number of nitrogens with one attached hydrogen (secondary N) is 1. The van der Waals surface area contributed by atoms with E-state index in [-0.39, 0.29) is 6.04 Å². The number of nitrogens with zero attached hydrogens (tertiary/aromatic N) is 2. The molecule has 6 heteroatoms. The van der Waals surface area contributed by atoms with Gasteiger partial charge in [0.25, 0.3) is 5.91 Å². The summed E-state index contributed by atoms with van der Waals surface area (Å²) in [5.41, 5.74) is 1.09. The van der Waals surface area contributed by atoms with Gasteiger partial charge in [-0.3, -0.25) is 9.78 Å². The summed E-state index contributed by atoms with van der Waals surface area (Å²) < 4.78 is 0. The third kappa shape index (κ3) is 2.48. The molecule has 2 amide bonds. The van der Waals surface area contributed by atoms with E-state index in [9.17, 15) is 14.7 Å². The first-order chi connectivity index (χ1) is 8.59. The summed E-state index contributed by atoms with van der Waals surface area (Å²) in [6, 6.07) is 3.00. The zero-order chi connectivity index (χ0) is 13.1. The Morgan fingerprint density at radius 1 is 1.50 bits per heavy atom. The zero-order valence-electron chi connectivity index (χ0n) is 10.1. The van der Waals surface area contributed by atoms with Crippen LogP contribution in [-0.4, -0.2) is 46.1 Å². The van der Waals surface area contributed by atoms with Crippen molar-refractivity contribution in [1.29, 1.82) is 0 Å². The van der Waals surface area contributed by atoms with Crippen LogP contribution in [0, 0.1) is 6.92 Å². The van der Waals surface area contributed by atoms with Gasteiger partial charge >= 0.3 is 6.09 Å². The second-order valence-electron chi connectivity index (χ2n) is 4.29. The van der Waals surface area contributed by atoms with Crippen LogP contribution in [0.15, 0.2) is 18.3 Å². The number of rotatable bonds is 2. The smallest absolute Gasteiger partial charge is 0.414 e. The van der Waals surface area contributed by atoms with Crippen LogP contribution in [-0.2, 0) is 0 Å². The fourth-order valence-corrected chi connectivity index (χ4v) is 2.00. The van der Waals surface area contributed by atoms with E-state index >= 15 is 0 Å². The summed E-state index contributed by atoms with van der Waals surface area (Å²) >= 11 is 0. The second kappa shape index (κ2) is 5.14. The maximum atomic E-state index is 12.2. The van der Waals surface area contributed by atoms with Crippen LogP contribution in [0.3, 0.4) is 0 Å². The molecular formula is C12H15N3O3. The van der Waals surface area contributed by atoms with Crippen molar-refractivity contribution in [2.45, 2.75) is 19.4 Å². The number of aromatic nitrogens is 1.